The normalized spacial score (nSPS) is 10.6. The Morgan fingerprint density at radius 1 is 0.909 bits per heavy atom. The van der Waals surface area contributed by atoms with Crippen LogP contribution in [0.5, 0.6) is 5.75 Å². The molecule has 0 bridgehead atoms. The molecule has 22 heavy (non-hydrogen) atoms. The average molecular weight is 331 g/mol. The van der Waals surface area contributed by atoms with Gasteiger partial charge >= 0.3 is 0 Å². The van der Waals surface area contributed by atoms with Crippen molar-refractivity contribution in [3.63, 3.8) is 0 Å². The van der Waals surface area contributed by atoms with Crippen molar-refractivity contribution in [3.8, 4) is 5.75 Å². The van der Waals surface area contributed by atoms with Crippen molar-refractivity contribution >= 4 is 40.3 Å². The van der Waals surface area contributed by atoms with Crippen molar-refractivity contribution in [1.29, 1.82) is 0 Å². The van der Waals surface area contributed by atoms with Crippen molar-refractivity contribution in [1.82, 2.24) is 0 Å². The Morgan fingerprint density at radius 2 is 1.64 bits per heavy atom. The fourth-order valence-corrected chi connectivity index (χ4v) is 2.85. The molecule has 0 aromatic heterocycles. The Kier molecular flexibility index (Phi) is 4.32. The summed E-state index contributed by atoms with van der Waals surface area (Å²) in [6.07, 6.45) is 0.811. The number of hydrogen-bond acceptors (Lipinski definition) is 2. The minimum atomic E-state index is 0.206. The third-order valence-electron chi connectivity index (χ3n) is 3.48. The molecule has 0 saturated carbocycles. The zero-order valence-corrected chi connectivity index (χ0v) is 13.1. The second kappa shape index (κ2) is 6.39. The molecule has 3 aromatic carbocycles. The second-order valence-electron chi connectivity index (χ2n) is 4.81. The molecule has 0 fully saturated rings. The summed E-state index contributed by atoms with van der Waals surface area (Å²) < 4.78 is 5.78. The smallest absolute Gasteiger partial charge is 0.154 e. The lowest BCUT2D eigenvalue weighted by Gasteiger charge is -2.12. The quantitative estimate of drug-likeness (QED) is 0.587. The molecule has 2 nitrogen and oxygen atoms in total. The van der Waals surface area contributed by atoms with E-state index in [-0.39, 0.29) is 6.61 Å². The molecule has 0 spiro atoms. The predicted molar refractivity (Wildman–Crippen MR) is 90.1 cm³/mol. The van der Waals surface area contributed by atoms with Gasteiger partial charge in [0.2, 0.25) is 0 Å². The van der Waals surface area contributed by atoms with Crippen LogP contribution in [0.4, 0.5) is 0 Å². The zero-order chi connectivity index (χ0) is 15.5. The van der Waals surface area contributed by atoms with E-state index in [0.29, 0.717) is 26.9 Å². The SMILES string of the molecule is O=Cc1c(OCc2c(Cl)cccc2Cl)ccc2ccccc12. The first-order valence-corrected chi connectivity index (χ1v) is 7.49. The van der Waals surface area contributed by atoms with Crippen LogP contribution in [0.25, 0.3) is 10.8 Å². The number of ether oxygens (including phenoxy) is 1. The summed E-state index contributed by atoms with van der Waals surface area (Å²) >= 11 is 12.3. The first kappa shape index (κ1) is 14.9. The van der Waals surface area contributed by atoms with E-state index >= 15 is 0 Å². The lowest BCUT2D eigenvalue weighted by molar-refractivity contribution is 0.112. The van der Waals surface area contributed by atoms with Crippen molar-refractivity contribution in [2.45, 2.75) is 6.61 Å². The van der Waals surface area contributed by atoms with Crippen molar-refractivity contribution in [2.75, 3.05) is 0 Å². The summed E-state index contributed by atoms with van der Waals surface area (Å²) in [5, 5.41) is 2.94. The second-order valence-corrected chi connectivity index (χ2v) is 5.62. The van der Waals surface area contributed by atoms with Crippen LogP contribution in [0.2, 0.25) is 10.0 Å². The van der Waals surface area contributed by atoms with Gasteiger partial charge < -0.3 is 4.74 Å². The van der Waals surface area contributed by atoms with E-state index in [0.717, 1.165) is 17.1 Å². The maximum Gasteiger partial charge on any atom is 0.154 e. The molecule has 0 amide bonds. The van der Waals surface area contributed by atoms with Gasteiger partial charge in [0.1, 0.15) is 12.4 Å². The molecule has 0 aliphatic carbocycles. The number of fused-ring (bicyclic) bond motifs is 1. The van der Waals surface area contributed by atoms with Crippen LogP contribution in [-0.2, 0) is 6.61 Å². The standard InChI is InChI=1S/C18H12Cl2O2/c19-16-6-3-7-17(20)15(16)11-22-18-9-8-12-4-1-2-5-13(12)14(18)10-21/h1-10H,11H2. The molecule has 3 rings (SSSR count). The number of rotatable bonds is 4. The highest BCUT2D eigenvalue weighted by Crippen LogP contribution is 2.29. The molecule has 0 saturated heterocycles. The third kappa shape index (κ3) is 2.80. The molecule has 0 unspecified atom stereocenters. The van der Waals surface area contributed by atoms with Gasteiger partial charge in [-0.05, 0) is 29.0 Å². The third-order valence-corrected chi connectivity index (χ3v) is 4.19. The molecule has 0 aliphatic heterocycles. The van der Waals surface area contributed by atoms with Gasteiger partial charge in [-0.25, -0.2) is 0 Å². The van der Waals surface area contributed by atoms with Crippen LogP contribution >= 0.6 is 23.2 Å². The van der Waals surface area contributed by atoms with Crippen molar-refractivity contribution in [2.24, 2.45) is 0 Å². The monoisotopic (exact) mass is 330 g/mol. The van der Waals surface area contributed by atoms with Gasteiger partial charge in [0, 0.05) is 15.6 Å². The summed E-state index contributed by atoms with van der Waals surface area (Å²) in [6.45, 7) is 0.206. The number of carbonyl (C=O) groups excluding carboxylic acids is 1. The van der Waals surface area contributed by atoms with Gasteiger partial charge in [-0.3, -0.25) is 4.79 Å². The number of carbonyl (C=O) groups is 1. The average Bonchev–Trinajstić information content (AvgIpc) is 2.54. The molecule has 3 aromatic rings. The summed E-state index contributed by atoms with van der Waals surface area (Å²) in [5.41, 5.74) is 1.23. The fraction of sp³-hybridized carbons (Fsp3) is 0.0556. The molecule has 0 N–H and O–H groups in total. The molecular weight excluding hydrogens is 319 g/mol. The maximum absolute atomic E-state index is 11.5. The highest BCUT2D eigenvalue weighted by atomic mass is 35.5. The van der Waals surface area contributed by atoms with E-state index in [4.69, 9.17) is 27.9 Å². The number of aldehydes is 1. The van der Waals surface area contributed by atoms with E-state index in [1.807, 2.05) is 30.3 Å². The Bertz CT molecular complexity index is 823. The highest BCUT2D eigenvalue weighted by Gasteiger charge is 2.11. The maximum atomic E-state index is 11.5. The van der Waals surface area contributed by atoms with E-state index in [1.54, 1.807) is 24.3 Å². The van der Waals surface area contributed by atoms with Gasteiger partial charge in [-0.1, -0.05) is 59.6 Å². The van der Waals surface area contributed by atoms with Crippen molar-refractivity contribution in [3.05, 3.63) is 75.8 Å². The summed E-state index contributed by atoms with van der Waals surface area (Å²) in [4.78, 5) is 11.5. The zero-order valence-electron chi connectivity index (χ0n) is 11.6. The van der Waals surface area contributed by atoms with Gasteiger partial charge in [0.05, 0.1) is 5.56 Å². The van der Waals surface area contributed by atoms with E-state index in [2.05, 4.69) is 0 Å². The Hall–Kier alpha value is -2.03. The Balaban J connectivity index is 1.96. The fourth-order valence-electron chi connectivity index (χ4n) is 2.34. The molecule has 4 heteroatoms. The summed E-state index contributed by atoms with van der Waals surface area (Å²) in [5.74, 6) is 0.518. The Labute approximate surface area is 138 Å². The first-order chi connectivity index (χ1) is 10.7. The largest absolute Gasteiger partial charge is 0.488 e. The van der Waals surface area contributed by atoms with Gasteiger partial charge in [0.25, 0.3) is 0 Å². The predicted octanol–water partition coefficient (Wildman–Crippen LogP) is 5.54. The van der Waals surface area contributed by atoms with Crippen LogP contribution in [-0.4, -0.2) is 6.29 Å². The molecule has 0 heterocycles. The van der Waals surface area contributed by atoms with E-state index in [9.17, 15) is 4.79 Å². The minimum absolute atomic E-state index is 0.206. The number of benzene rings is 3. The molecular formula is C18H12Cl2O2. The number of hydrogen-bond donors (Lipinski definition) is 0. The van der Waals surface area contributed by atoms with Crippen LogP contribution in [0, 0.1) is 0 Å². The van der Waals surface area contributed by atoms with Crippen LogP contribution in [0.1, 0.15) is 15.9 Å². The van der Waals surface area contributed by atoms with Crippen molar-refractivity contribution < 1.29 is 9.53 Å². The lowest BCUT2D eigenvalue weighted by atomic mass is 10.0. The molecule has 0 radical (unpaired) electrons. The lowest BCUT2D eigenvalue weighted by Crippen LogP contribution is -2.00. The first-order valence-electron chi connectivity index (χ1n) is 6.73. The minimum Gasteiger partial charge on any atom is -0.488 e. The van der Waals surface area contributed by atoms with Gasteiger partial charge in [-0.2, -0.15) is 0 Å². The molecule has 0 atom stereocenters. The molecule has 110 valence electrons. The van der Waals surface area contributed by atoms with Crippen LogP contribution in [0.15, 0.2) is 54.6 Å². The Morgan fingerprint density at radius 3 is 2.36 bits per heavy atom. The topological polar surface area (TPSA) is 26.3 Å². The highest BCUT2D eigenvalue weighted by molar-refractivity contribution is 6.35. The summed E-state index contributed by atoms with van der Waals surface area (Å²) in [7, 11) is 0. The van der Waals surface area contributed by atoms with E-state index in [1.165, 1.54) is 0 Å². The van der Waals surface area contributed by atoms with Gasteiger partial charge in [0.15, 0.2) is 6.29 Å². The van der Waals surface area contributed by atoms with Crippen LogP contribution in [0.3, 0.4) is 0 Å². The van der Waals surface area contributed by atoms with E-state index < -0.39 is 0 Å². The number of halogens is 2. The van der Waals surface area contributed by atoms with Crippen LogP contribution < -0.4 is 4.74 Å². The molecule has 0 aliphatic rings. The summed E-state index contributed by atoms with van der Waals surface area (Å²) in [6, 6.07) is 16.7. The van der Waals surface area contributed by atoms with Gasteiger partial charge in [-0.15, -0.1) is 0 Å².